The van der Waals surface area contributed by atoms with E-state index < -0.39 is 15.3 Å². The molecule has 0 saturated carbocycles. The predicted octanol–water partition coefficient (Wildman–Crippen LogP) is -3.19. The van der Waals surface area contributed by atoms with Crippen LogP contribution in [0.25, 0.3) is 0 Å². The first-order chi connectivity index (χ1) is 5.20. The zero-order valence-electron chi connectivity index (χ0n) is 6.85. The van der Waals surface area contributed by atoms with Crippen molar-refractivity contribution < 1.29 is 51.2 Å². The van der Waals surface area contributed by atoms with E-state index in [9.17, 15) is 0 Å². The van der Waals surface area contributed by atoms with E-state index in [-0.39, 0.29) is 35.9 Å². The molecule has 0 spiro atoms. The van der Waals surface area contributed by atoms with E-state index in [1.807, 2.05) is 0 Å². The van der Waals surface area contributed by atoms with Gasteiger partial charge in [-0.15, -0.1) is 0 Å². The summed E-state index contributed by atoms with van der Waals surface area (Å²) in [6.45, 7) is 0. The maximum absolute atomic E-state index is 8.25. The van der Waals surface area contributed by atoms with E-state index >= 15 is 0 Å². The summed E-state index contributed by atoms with van der Waals surface area (Å²) in [6, 6.07) is 0. The summed E-state index contributed by atoms with van der Waals surface area (Å²) >= 11 is 0. The van der Waals surface area contributed by atoms with Crippen molar-refractivity contribution in [1.82, 2.24) is 0 Å². The van der Waals surface area contributed by atoms with Crippen LogP contribution in [0.5, 0.6) is 0 Å². The summed E-state index contributed by atoms with van der Waals surface area (Å²) in [4.78, 5) is 24.8. The average Bonchev–Trinajstić information content (AvgIpc) is 1.54. The molecule has 0 aliphatic heterocycles. The van der Waals surface area contributed by atoms with Crippen LogP contribution in [0.4, 0.5) is 0 Å². The number of nitrogens with zero attached hydrogens (tertiary/aromatic N) is 3. The largest absolute Gasteiger partial charge is 3.00 e. The van der Waals surface area contributed by atoms with Gasteiger partial charge in [-0.05, 0) is 0 Å². The minimum atomic E-state index is -1.75. The molecule has 15 nitrogen and oxygen atoms in total. The number of hydrogen-bond acceptors (Lipinski definition) is 9. The second-order valence-corrected chi connectivity index (χ2v) is 0.671. The quantitative estimate of drug-likeness (QED) is 0.242. The third-order valence-corrected chi connectivity index (χ3v) is 0. The van der Waals surface area contributed by atoms with E-state index in [0.717, 1.165) is 0 Å². The predicted molar refractivity (Wildman–Crippen MR) is 41.9 cm³/mol. The monoisotopic (exact) mass is 343 g/mol. The Morgan fingerprint density at radius 1 is 0.500 bits per heavy atom. The van der Waals surface area contributed by atoms with Gasteiger partial charge in [-0.1, -0.05) is 0 Å². The summed E-state index contributed by atoms with van der Waals surface area (Å²) in [5.41, 5.74) is 0. The molecule has 0 aliphatic carbocycles. The normalized spacial score (nSPS) is 4.50. The van der Waals surface area contributed by atoms with Crippen molar-refractivity contribution in [3.63, 3.8) is 0 Å². The molecule has 0 amide bonds. The van der Waals surface area contributed by atoms with Crippen molar-refractivity contribution in [2.24, 2.45) is 0 Å². The minimum absolute atomic E-state index is 0. The van der Waals surface area contributed by atoms with Crippen LogP contribution < -0.4 is 0 Å². The Hall–Kier alpha value is -1.90. The molecule has 0 aromatic rings. The zero-order valence-corrected chi connectivity index (χ0v) is 8.49. The van der Waals surface area contributed by atoms with Gasteiger partial charge in [0.15, 0.2) is 0 Å². The van der Waals surface area contributed by atoms with Gasteiger partial charge >= 0.3 is 19.5 Å². The molecule has 0 aromatic carbocycles. The first-order valence-corrected chi connectivity index (χ1v) is 1.64. The molecule has 102 valence electrons. The smallest absolute Gasteiger partial charge is 0.412 e. The third-order valence-electron chi connectivity index (χ3n) is 0. The van der Waals surface area contributed by atoms with Crippen molar-refractivity contribution in [2.75, 3.05) is 0 Å². The van der Waals surface area contributed by atoms with Crippen LogP contribution in [-0.2, 0) is 19.5 Å². The standard InChI is InChI=1S/3NO3.3H2O.Rh/c3*2-1(3)4;;;;/h;;;3*1H2;/q3*-1;;;;+3. The zero-order chi connectivity index (χ0) is 10.7. The fraction of sp³-hybridized carbons (Fsp3) is 0. The van der Waals surface area contributed by atoms with Gasteiger partial charge in [-0.2, -0.15) is 0 Å². The van der Waals surface area contributed by atoms with E-state index in [0.29, 0.717) is 0 Å². The van der Waals surface area contributed by atoms with Crippen molar-refractivity contribution in [3.05, 3.63) is 46.0 Å². The van der Waals surface area contributed by atoms with Gasteiger partial charge in [0.25, 0.3) is 0 Å². The Labute approximate surface area is 97.9 Å². The van der Waals surface area contributed by atoms with Crippen LogP contribution in [0.2, 0.25) is 0 Å². The van der Waals surface area contributed by atoms with Crippen molar-refractivity contribution >= 4 is 0 Å². The summed E-state index contributed by atoms with van der Waals surface area (Å²) in [7, 11) is 0. The van der Waals surface area contributed by atoms with Crippen LogP contribution in [0, 0.1) is 46.0 Å². The summed E-state index contributed by atoms with van der Waals surface area (Å²) in [5, 5.41) is 44.2. The topological polar surface area (TPSA) is 293 Å². The maximum atomic E-state index is 8.25. The Morgan fingerprint density at radius 3 is 0.500 bits per heavy atom. The van der Waals surface area contributed by atoms with E-state index in [4.69, 9.17) is 46.0 Å². The number of rotatable bonds is 0. The Morgan fingerprint density at radius 2 is 0.500 bits per heavy atom. The minimum Gasteiger partial charge on any atom is -0.412 e. The fourth-order valence-corrected chi connectivity index (χ4v) is 0. The molecule has 0 aliphatic rings. The molecule has 16 heteroatoms. The molecule has 0 aromatic heterocycles. The van der Waals surface area contributed by atoms with Crippen LogP contribution in [0.3, 0.4) is 0 Å². The summed E-state index contributed by atoms with van der Waals surface area (Å²) < 4.78 is 0. The van der Waals surface area contributed by atoms with Crippen molar-refractivity contribution in [2.45, 2.75) is 0 Å². The molecular weight excluding hydrogens is 337 g/mol. The molecule has 0 atom stereocenters. The Balaban J connectivity index is -0.0000000135. The van der Waals surface area contributed by atoms with Gasteiger partial charge < -0.3 is 62.4 Å². The Bertz CT molecular complexity index is 114. The molecule has 16 heavy (non-hydrogen) atoms. The maximum Gasteiger partial charge on any atom is 3.00 e. The third kappa shape index (κ3) is 415. The van der Waals surface area contributed by atoms with Crippen molar-refractivity contribution in [3.8, 4) is 0 Å². The van der Waals surface area contributed by atoms with Gasteiger partial charge in [0.05, 0.1) is 15.3 Å². The van der Waals surface area contributed by atoms with Crippen LogP contribution in [0.15, 0.2) is 0 Å². The van der Waals surface area contributed by atoms with Crippen LogP contribution in [0.1, 0.15) is 0 Å². The molecular formula is H6N3O12Rh. The van der Waals surface area contributed by atoms with Gasteiger partial charge in [-0.25, -0.2) is 0 Å². The van der Waals surface area contributed by atoms with E-state index in [1.165, 1.54) is 0 Å². The molecule has 0 unspecified atom stereocenters. The van der Waals surface area contributed by atoms with Crippen LogP contribution >= 0.6 is 0 Å². The molecule has 0 rings (SSSR count). The second kappa shape index (κ2) is 38.0. The van der Waals surface area contributed by atoms with Gasteiger partial charge in [0, 0.05) is 0 Å². The summed E-state index contributed by atoms with van der Waals surface area (Å²) in [5.74, 6) is 0. The van der Waals surface area contributed by atoms with Crippen LogP contribution in [-0.4, -0.2) is 31.7 Å². The SMILES string of the molecule is O.O.O.O=[N+]([O-])[O-].O=[N+]([O-])[O-].O=[N+]([O-])[O-].[Rh+3]. The Kier molecular flexibility index (Phi) is 114. The number of hydrogen-bond donors (Lipinski definition) is 0. The fourth-order valence-electron chi connectivity index (χ4n) is 0. The van der Waals surface area contributed by atoms with Gasteiger partial charge in [0.1, 0.15) is 0 Å². The molecule has 0 heterocycles. The summed E-state index contributed by atoms with van der Waals surface area (Å²) in [6.07, 6.45) is 0. The van der Waals surface area contributed by atoms with Gasteiger partial charge in [-0.3, -0.25) is 0 Å². The molecule has 0 radical (unpaired) electrons. The molecule has 6 N–H and O–H groups in total. The van der Waals surface area contributed by atoms with E-state index in [1.54, 1.807) is 0 Å². The van der Waals surface area contributed by atoms with E-state index in [2.05, 4.69) is 0 Å². The molecule has 0 bridgehead atoms. The molecule has 0 fully saturated rings. The second-order valence-electron chi connectivity index (χ2n) is 0.671. The average molecular weight is 343 g/mol. The first-order valence-electron chi connectivity index (χ1n) is 1.64. The van der Waals surface area contributed by atoms with Crippen molar-refractivity contribution in [1.29, 1.82) is 0 Å². The first kappa shape index (κ1) is 48.0. The molecule has 0 saturated heterocycles. The van der Waals surface area contributed by atoms with Gasteiger partial charge in [0.2, 0.25) is 0 Å².